The van der Waals surface area contributed by atoms with Crippen LogP contribution in [-0.2, 0) is 6.42 Å². The van der Waals surface area contributed by atoms with Crippen LogP contribution in [0.5, 0.6) is 0 Å². The normalized spacial score (nSPS) is 12.8. The molecule has 1 rings (SSSR count). The second-order valence-electron chi connectivity index (χ2n) is 5.40. The van der Waals surface area contributed by atoms with Gasteiger partial charge in [0.1, 0.15) is 5.82 Å². The summed E-state index contributed by atoms with van der Waals surface area (Å²) in [6.45, 7) is 9.41. The van der Waals surface area contributed by atoms with E-state index in [9.17, 15) is 4.39 Å². The van der Waals surface area contributed by atoms with Crippen molar-refractivity contribution in [2.75, 3.05) is 11.4 Å². The highest BCUT2D eigenvalue weighted by Gasteiger charge is 2.18. The fourth-order valence-corrected chi connectivity index (χ4v) is 2.32. The summed E-state index contributed by atoms with van der Waals surface area (Å²) in [7, 11) is 0. The van der Waals surface area contributed by atoms with Gasteiger partial charge in [-0.15, -0.1) is 0 Å². The molecule has 1 unspecified atom stereocenters. The minimum Gasteiger partial charge on any atom is -0.369 e. The highest BCUT2D eigenvalue weighted by atomic mass is 19.1. The number of rotatable bonds is 7. The van der Waals surface area contributed by atoms with E-state index in [1.807, 2.05) is 13.0 Å². The molecule has 1 aromatic rings. The molecule has 2 N–H and O–H groups in total. The van der Waals surface area contributed by atoms with Crippen LogP contribution in [0.15, 0.2) is 18.2 Å². The van der Waals surface area contributed by atoms with Crippen LogP contribution in [0.4, 0.5) is 10.1 Å². The lowest BCUT2D eigenvalue weighted by atomic mass is 10.0. The van der Waals surface area contributed by atoms with Gasteiger partial charge >= 0.3 is 0 Å². The van der Waals surface area contributed by atoms with Crippen LogP contribution >= 0.6 is 0 Å². The highest BCUT2D eigenvalue weighted by Crippen LogP contribution is 2.26. The summed E-state index contributed by atoms with van der Waals surface area (Å²) >= 11 is 0. The van der Waals surface area contributed by atoms with E-state index in [0.29, 0.717) is 12.5 Å². The highest BCUT2D eigenvalue weighted by molar-refractivity contribution is 5.55. The van der Waals surface area contributed by atoms with E-state index in [-0.39, 0.29) is 11.9 Å². The molecule has 1 aromatic carbocycles. The van der Waals surface area contributed by atoms with Gasteiger partial charge in [0.05, 0.1) is 0 Å². The van der Waals surface area contributed by atoms with E-state index in [1.54, 1.807) is 6.07 Å². The summed E-state index contributed by atoms with van der Waals surface area (Å²) in [5, 5.41) is 0. The number of hydrogen-bond acceptors (Lipinski definition) is 2. The molecule has 0 aliphatic heterocycles. The molecule has 1 atom stereocenters. The van der Waals surface area contributed by atoms with Crippen LogP contribution in [0.3, 0.4) is 0 Å². The van der Waals surface area contributed by atoms with Crippen molar-refractivity contribution >= 4 is 5.69 Å². The van der Waals surface area contributed by atoms with Crippen molar-refractivity contribution in [3.8, 4) is 0 Å². The molecule has 3 heteroatoms. The largest absolute Gasteiger partial charge is 0.369 e. The van der Waals surface area contributed by atoms with E-state index >= 15 is 0 Å². The van der Waals surface area contributed by atoms with Gasteiger partial charge in [0.25, 0.3) is 0 Å². The summed E-state index contributed by atoms with van der Waals surface area (Å²) in [5.41, 5.74) is 7.77. The van der Waals surface area contributed by atoms with Gasteiger partial charge < -0.3 is 10.6 Å². The topological polar surface area (TPSA) is 29.3 Å². The number of benzene rings is 1. The van der Waals surface area contributed by atoms with Crippen LogP contribution in [0.25, 0.3) is 0 Å². The van der Waals surface area contributed by atoms with Crippen molar-refractivity contribution in [3.05, 3.63) is 29.6 Å². The first-order valence-electron chi connectivity index (χ1n) is 7.30. The van der Waals surface area contributed by atoms with Crippen molar-refractivity contribution in [2.45, 2.75) is 59.0 Å². The lowest BCUT2D eigenvalue weighted by molar-refractivity contribution is 0.572. The quantitative estimate of drug-likeness (QED) is 0.814. The number of anilines is 1. The number of halogens is 1. The molecule has 0 aromatic heterocycles. The second kappa shape index (κ2) is 7.49. The molecule has 0 aliphatic carbocycles. The molecular weight excluding hydrogens is 239 g/mol. The van der Waals surface area contributed by atoms with Crippen LogP contribution in [0.1, 0.15) is 46.1 Å². The molecule has 0 fully saturated rings. The molecule has 0 heterocycles. The first-order chi connectivity index (χ1) is 9.01. The molecule has 108 valence electrons. The van der Waals surface area contributed by atoms with Crippen molar-refractivity contribution in [3.63, 3.8) is 0 Å². The Morgan fingerprint density at radius 1 is 1.26 bits per heavy atom. The third-order valence-corrected chi connectivity index (χ3v) is 3.48. The Balaban J connectivity index is 3.13. The maximum Gasteiger partial charge on any atom is 0.128 e. The standard InChI is InChI=1S/C16H27FN2/c1-5-10-19(12(3)4)16-9-7-8-15(17)14(16)11-13(18)6-2/h7-9,12-13H,5-6,10-11,18H2,1-4H3. The molecule has 0 radical (unpaired) electrons. The lowest BCUT2D eigenvalue weighted by Crippen LogP contribution is -2.33. The Labute approximate surface area is 116 Å². The van der Waals surface area contributed by atoms with Crippen LogP contribution < -0.4 is 10.6 Å². The van der Waals surface area contributed by atoms with Crippen LogP contribution in [0, 0.1) is 5.82 Å². The molecular formula is C16H27FN2. The Morgan fingerprint density at radius 2 is 1.95 bits per heavy atom. The maximum absolute atomic E-state index is 14.1. The zero-order chi connectivity index (χ0) is 14.4. The molecule has 0 amide bonds. The molecule has 0 bridgehead atoms. The molecule has 0 spiro atoms. The predicted molar refractivity (Wildman–Crippen MR) is 81.1 cm³/mol. The fraction of sp³-hybridized carbons (Fsp3) is 0.625. The first-order valence-corrected chi connectivity index (χ1v) is 7.30. The van der Waals surface area contributed by atoms with Gasteiger partial charge in [-0.2, -0.15) is 0 Å². The Morgan fingerprint density at radius 3 is 2.47 bits per heavy atom. The van der Waals surface area contributed by atoms with E-state index < -0.39 is 0 Å². The predicted octanol–water partition coefficient (Wildman–Crippen LogP) is 3.73. The fourth-order valence-electron chi connectivity index (χ4n) is 2.32. The summed E-state index contributed by atoms with van der Waals surface area (Å²) in [6.07, 6.45) is 2.52. The zero-order valence-corrected chi connectivity index (χ0v) is 12.6. The Hall–Kier alpha value is -1.09. The van der Waals surface area contributed by atoms with Crippen LogP contribution in [0.2, 0.25) is 0 Å². The minimum absolute atomic E-state index is 0.0197. The SMILES string of the molecule is CCCN(c1cccc(F)c1CC(N)CC)C(C)C. The number of hydrogen-bond donors (Lipinski definition) is 1. The van der Waals surface area contributed by atoms with E-state index in [0.717, 1.165) is 30.6 Å². The van der Waals surface area contributed by atoms with E-state index in [2.05, 4.69) is 25.7 Å². The summed E-state index contributed by atoms with van der Waals surface area (Å²) in [4.78, 5) is 2.26. The second-order valence-corrected chi connectivity index (χ2v) is 5.40. The van der Waals surface area contributed by atoms with Gasteiger partial charge in [-0.3, -0.25) is 0 Å². The maximum atomic E-state index is 14.1. The Bertz CT molecular complexity index is 390. The summed E-state index contributed by atoms with van der Waals surface area (Å²) in [5.74, 6) is -0.136. The molecule has 0 aliphatic rings. The lowest BCUT2D eigenvalue weighted by Gasteiger charge is -2.31. The monoisotopic (exact) mass is 266 g/mol. The summed E-state index contributed by atoms with van der Waals surface area (Å²) < 4.78 is 14.1. The van der Waals surface area contributed by atoms with Crippen molar-refractivity contribution in [1.29, 1.82) is 0 Å². The Kier molecular flexibility index (Phi) is 6.29. The average molecular weight is 266 g/mol. The van der Waals surface area contributed by atoms with Gasteiger partial charge in [0, 0.05) is 29.9 Å². The minimum atomic E-state index is -0.136. The van der Waals surface area contributed by atoms with E-state index in [1.165, 1.54) is 6.07 Å². The molecule has 19 heavy (non-hydrogen) atoms. The van der Waals surface area contributed by atoms with Crippen molar-refractivity contribution in [1.82, 2.24) is 0 Å². The molecule has 0 saturated carbocycles. The van der Waals surface area contributed by atoms with Crippen LogP contribution in [-0.4, -0.2) is 18.6 Å². The van der Waals surface area contributed by atoms with Gasteiger partial charge in [-0.25, -0.2) is 4.39 Å². The average Bonchev–Trinajstić information content (AvgIpc) is 2.38. The first kappa shape index (κ1) is 16.0. The van der Waals surface area contributed by atoms with E-state index in [4.69, 9.17) is 5.73 Å². The van der Waals surface area contributed by atoms with Gasteiger partial charge in [-0.05, 0) is 45.2 Å². The number of nitrogens with zero attached hydrogens (tertiary/aromatic N) is 1. The third kappa shape index (κ3) is 4.20. The zero-order valence-electron chi connectivity index (χ0n) is 12.6. The number of nitrogens with two attached hydrogens (primary N) is 1. The third-order valence-electron chi connectivity index (χ3n) is 3.48. The molecule has 2 nitrogen and oxygen atoms in total. The molecule has 0 saturated heterocycles. The van der Waals surface area contributed by atoms with Crippen molar-refractivity contribution in [2.24, 2.45) is 5.73 Å². The van der Waals surface area contributed by atoms with Gasteiger partial charge in [-0.1, -0.05) is 19.9 Å². The van der Waals surface area contributed by atoms with Crippen molar-refractivity contribution < 1.29 is 4.39 Å². The summed E-state index contributed by atoms with van der Waals surface area (Å²) in [6, 6.07) is 5.71. The van der Waals surface area contributed by atoms with Gasteiger partial charge in [0.15, 0.2) is 0 Å². The van der Waals surface area contributed by atoms with Gasteiger partial charge in [0.2, 0.25) is 0 Å². The smallest absolute Gasteiger partial charge is 0.128 e.